The average molecular weight is 348 g/mol. The van der Waals surface area contributed by atoms with Gasteiger partial charge in [-0.05, 0) is 55.7 Å². The Labute approximate surface area is 148 Å². The van der Waals surface area contributed by atoms with Crippen LogP contribution in [0.2, 0.25) is 0 Å². The molecule has 0 unspecified atom stereocenters. The van der Waals surface area contributed by atoms with Crippen LogP contribution in [0.25, 0.3) is 0 Å². The summed E-state index contributed by atoms with van der Waals surface area (Å²) in [6, 6.07) is 7.41. The topological polar surface area (TPSA) is 26.3 Å². The van der Waals surface area contributed by atoms with E-state index in [0.29, 0.717) is 11.5 Å². The second-order valence-electron chi connectivity index (χ2n) is 6.83. The third kappa shape index (κ3) is 5.52. The van der Waals surface area contributed by atoms with E-state index >= 15 is 0 Å². The Morgan fingerprint density at radius 1 is 1.16 bits per heavy atom. The Hall–Kier alpha value is -1.97. The normalized spacial score (nSPS) is 22.4. The molecule has 1 aliphatic rings. The van der Waals surface area contributed by atoms with E-state index in [-0.39, 0.29) is 12.2 Å². The quantitative estimate of drug-likeness (QED) is 0.340. The lowest BCUT2D eigenvalue weighted by Crippen LogP contribution is -2.11. The maximum atomic E-state index is 13.4. The first-order valence-electron chi connectivity index (χ1n) is 8.95. The van der Waals surface area contributed by atoms with Crippen molar-refractivity contribution in [1.29, 1.82) is 0 Å². The molecule has 0 amide bonds. The van der Waals surface area contributed by atoms with Crippen molar-refractivity contribution in [2.45, 2.75) is 58.8 Å². The fourth-order valence-corrected chi connectivity index (χ4v) is 3.15. The molecule has 25 heavy (non-hydrogen) atoms. The highest BCUT2D eigenvalue weighted by atomic mass is 19.2. The Kier molecular flexibility index (Phi) is 6.91. The molecule has 1 aromatic carbocycles. The Morgan fingerprint density at radius 3 is 2.32 bits per heavy atom. The molecule has 0 atom stereocenters. The number of halogens is 2. The largest absolute Gasteiger partial charge is 0.428 e. The van der Waals surface area contributed by atoms with Gasteiger partial charge < -0.3 is 4.74 Å². The zero-order chi connectivity index (χ0) is 18.4. The van der Waals surface area contributed by atoms with E-state index in [9.17, 15) is 13.6 Å². The van der Waals surface area contributed by atoms with Crippen LogP contribution in [-0.2, 0) is 4.74 Å². The lowest BCUT2D eigenvalue weighted by molar-refractivity contribution is 0.0625. The first-order chi connectivity index (χ1) is 11.9. The summed E-state index contributed by atoms with van der Waals surface area (Å²) in [5, 5.41) is 0. The number of rotatable bonds is 5. The molecule has 0 bridgehead atoms. The molecule has 0 radical (unpaired) electrons. The van der Waals surface area contributed by atoms with Gasteiger partial charge in [0.05, 0.1) is 5.56 Å². The smallest absolute Gasteiger partial charge is 0.343 e. The van der Waals surface area contributed by atoms with Crippen molar-refractivity contribution in [3.8, 4) is 0 Å². The summed E-state index contributed by atoms with van der Waals surface area (Å²) < 4.78 is 31.6. The van der Waals surface area contributed by atoms with Crippen LogP contribution in [0.4, 0.5) is 8.78 Å². The van der Waals surface area contributed by atoms with Gasteiger partial charge in [-0.15, -0.1) is 0 Å². The van der Waals surface area contributed by atoms with Crippen LogP contribution in [0.15, 0.2) is 47.8 Å². The summed E-state index contributed by atoms with van der Waals surface area (Å²) in [6.07, 6.45) is 5.71. The minimum atomic E-state index is -1.00. The van der Waals surface area contributed by atoms with Crippen molar-refractivity contribution in [3.05, 3.63) is 58.9 Å². The van der Waals surface area contributed by atoms with E-state index in [1.54, 1.807) is 12.1 Å². The third-order valence-corrected chi connectivity index (χ3v) is 4.79. The number of hydrogen-bond donors (Lipinski definition) is 0. The van der Waals surface area contributed by atoms with Gasteiger partial charge in [0.25, 0.3) is 0 Å². The summed E-state index contributed by atoms with van der Waals surface area (Å²) in [4.78, 5) is 12.1. The number of carbonyl (C=O) groups excluding carboxylic acids is 1. The molecule has 1 aromatic rings. The molecule has 4 heteroatoms. The molecule has 1 fully saturated rings. The molecular weight excluding hydrogens is 322 g/mol. The van der Waals surface area contributed by atoms with E-state index in [1.165, 1.54) is 45.1 Å². The van der Waals surface area contributed by atoms with Gasteiger partial charge in [0.15, 0.2) is 5.83 Å². The van der Waals surface area contributed by atoms with E-state index in [0.717, 1.165) is 12.0 Å². The molecule has 0 saturated heterocycles. The molecule has 0 aromatic heterocycles. The third-order valence-electron chi connectivity index (χ3n) is 4.79. The number of carbonyl (C=O) groups is 1. The highest BCUT2D eigenvalue weighted by molar-refractivity contribution is 5.90. The minimum absolute atomic E-state index is 0.0245. The zero-order valence-corrected chi connectivity index (χ0v) is 15.1. The van der Waals surface area contributed by atoms with E-state index in [4.69, 9.17) is 4.74 Å². The number of allylic oxidation sites excluding steroid dienone is 4. The Balaban J connectivity index is 1.99. The van der Waals surface area contributed by atoms with E-state index in [2.05, 4.69) is 6.92 Å². The number of esters is 1. The average Bonchev–Trinajstić information content (AvgIpc) is 2.61. The van der Waals surface area contributed by atoms with Crippen molar-refractivity contribution in [1.82, 2.24) is 0 Å². The fourth-order valence-electron chi connectivity index (χ4n) is 3.15. The molecule has 0 spiro atoms. The first-order valence-corrected chi connectivity index (χ1v) is 8.95. The second-order valence-corrected chi connectivity index (χ2v) is 6.83. The Bertz CT molecular complexity index is 651. The van der Waals surface area contributed by atoms with Gasteiger partial charge in [-0.25, -0.2) is 13.6 Å². The van der Waals surface area contributed by atoms with E-state index in [1.807, 2.05) is 12.1 Å². The molecule has 0 heterocycles. The molecule has 2 nitrogen and oxygen atoms in total. The number of benzene rings is 1. The summed E-state index contributed by atoms with van der Waals surface area (Å²) in [7, 11) is 0. The summed E-state index contributed by atoms with van der Waals surface area (Å²) in [5.74, 6) is -1.05. The molecule has 0 aliphatic heterocycles. The van der Waals surface area contributed by atoms with Crippen LogP contribution in [0.3, 0.4) is 0 Å². The SMILES string of the molecule is CC/C(F)=C(F)\C=C(/C)OC(=O)c1ccc(C2CCC(C)CC2)cc1. The highest BCUT2D eigenvalue weighted by Gasteiger charge is 2.20. The van der Waals surface area contributed by atoms with Crippen LogP contribution in [-0.4, -0.2) is 5.97 Å². The van der Waals surface area contributed by atoms with Gasteiger partial charge in [-0.2, -0.15) is 0 Å². The molecular formula is C21H26F2O2. The van der Waals surface area contributed by atoms with Gasteiger partial charge in [0, 0.05) is 6.08 Å². The monoisotopic (exact) mass is 348 g/mol. The van der Waals surface area contributed by atoms with Crippen LogP contribution >= 0.6 is 0 Å². The van der Waals surface area contributed by atoms with Gasteiger partial charge >= 0.3 is 5.97 Å². The van der Waals surface area contributed by atoms with Crippen LogP contribution in [0.1, 0.15) is 74.7 Å². The molecule has 1 saturated carbocycles. The predicted octanol–water partition coefficient (Wildman–Crippen LogP) is 6.60. The van der Waals surface area contributed by atoms with Crippen LogP contribution in [0.5, 0.6) is 0 Å². The van der Waals surface area contributed by atoms with Crippen molar-refractivity contribution in [3.63, 3.8) is 0 Å². The first kappa shape index (κ1) is 19.4. The molecule has 0 N–H and O–H groups in total. The predicted molar refractivity (Wildman–Crippen MR) is 95.5 cm³/mol. The summed E-state index contributed by atoms with van der Waals surface area (Å²) in [5.41, 5.74) is 1.65. The van der Waals surface area contributed by atoms with Gasteiger partial charge in [-0.1, -0.05) is 38.8 Å². The van der Waals surface area contributed by atoms with Gasteiger partial charge in [0.1, 0.15) is 11.6 Å². The van der Waals surface area contributed by atoms with Crippen molar-refractivity contribution in [2.75, 3.05) is 0 Å². The maximum absolute atomic E-state index is 13.4. The zero-order valence-electron chi connectivity index (χ0n) is 15.1. The van der Waals surface area contributed by atoms with Crippen LogP contribution < -0.4 is 0 Å². The lowest BCUT2D eigenvalue weighted by atomic mass is 9.79. The van der Waals surface area contributed by atoms with Crippen molar-refractivity contribution >= 4 is 5.97 Å². The fraction of sp³-hybridized carbons (Fsp3) is 0.476. The number of hydrogen-bond acceptors (Lipinski definition) is 2. The van der Waals surface area contributed by atoms with Crippen molar-refractivity contribution < 1.29 is 18.3 Å². The molecule has 2 rings (SSSR count). The highest BCUT2D eigenvalue weighted by Crippen LogP contribution is 2.35. The maximum Gasteiger partial charge on any atom is 0.343 e. The van der Waals surface area contributed by atoms with E-state index < -0.39 is 17.6 Å². The van der Waals surface area contributed by atoms with Crippen LogP contribution in [0, 0.1) is 5.92 Å². The van der Waals surface area contributed by atoms with Gasteiger partial charge in [0.2, 0.25) is 0 Å². The molecule has 1 aliphatic carbocycles. The second kappa shape index (κ2) is 8.93. The summed E-state index contributed by atoms with van der Waals surface area (Å²) in [6.45, 7) is 5.23. The Morgan fingerprint density at radius 2 is 1.76 bits per heavy atom. The summed E-state index contributed by atoms with van der Waals surface area (Å²) >= 11 is 0. The van der Waals surface area contributed by atoms with Gasteiger partial charge in [-0.3, -0.25) is 0 Å². The van der Waals surface area contributed by atoms with Crippen molar-refractivity contribution in [2.24, 2.45) is 5.92 Å². The lowest BCUT2D eigenvalue weighted by Gasteiger charge is -2.26. The number of ether oxygens (including phenoxy) is 1. The minimum Gasteiger partial charge on any atom is -0.428 e. The molecule has 136 valence electrons. The standard InChI is InChI=1S/C21H26F2O2/c1-4-19(22)20(23)13-15(3)25-21(24)18-11-9-17(10-12-18)16-7-5-14(2)6-8-16/h9-14,16H,4-8H2,1-3H3/b15-13+,20-19-.